The second-order valence-electron chi connectivity index (χ2n) is 3.86. The summed E-state index contributed by atoms with van der Waals surface area (Å²) < 4.78 is 2.43. The molecule has 0 fully saturated rings. The van der Waals surface area contributed by atoms with Gasteiger partial charge >= 0.3 is 5.97 Å². The van der Waals surface area contributed by atoms with E-state index in [2.05, 4.69) is 20.9 Å². The molecule has 0 aliphatic rings. The third-order valence-electron chi connectivity index (χ3n) is 2.99. The number of rotatable bonds is 5. The van der Waals surface area contributed by atoms with E-state index in [9.17, 15) is 9.90 Å². The number of hydrogen-bond acceptors (Lipinski definition) is 3. The van der Waals surface area contributed by atoms with Crippen molar-refractivity contribution in [2.45, 2.75) is 26.8 Å². The topological polar surface area (TPSA) is 58.4 Å². The van der Waals surface area contributed by atoms with E-state index >= 15 is 0 Å². The lowest BCUT2D eigenvalue weighted by molar-refractivity contribution is -0.143. The summed E-state index contributed by atoms with van der Waals surface area (Å²) in [6.45, 7) is 7.14. The van der Waals surface area contributed by atoms with E-state index in [1.165, 1.54) is 0 Å². The molecule has 0 saturated heterocycles. The number of carbonyl (C=O) groups is 1. The number of carboxylic acids is 1. The molecule has 17 heavy (non-hydrogen) atoms. The number of aromatic nitrogens is 2. The Labute approximate surface area is 110 Å². The molecule has 0 radical (unpaired) electrons. The molecule has 96 valence electrons. The maximum Gasteiger partial charge on any atom is 0.327 e. The zero-order chi connectivity index (χ0) is 13.2. The van der Waals surface area contributed by atoms with Crippen LogP contribution in [0, 0.1) is 6.92 Å². The molecule has 0 amide bonds. The molecule has 0 aromatic carbocycles. The predicted molar refractivity (Wildman–Crippen MR) is 68.9 cm³/mol. The highest BCUT2D eigenvalue weighted by atomic mass is 79.9. The number of aryl methyl sites for hydroxylation is 1. The average molecular weight is 304 g/mol. The second-order valence-corrected chi connectivity index (χ2v) is 4.61. The number of hydrogen-bond donors (Lipinski definition) is 1. The SMILES string of the molecule is CCN(CC)C(C(=O)O)c1c(Br)nc(C)n1C. The number of likely N-dealkylation sites (N-methyl/N-ethyl adjacent to an activating group) is 1. The maximum absolute atomic E-state index is 11.5. The Morgan fingerprint density at radius 1 is 1.53 bits per heavy atom. The van der Waals surface area contributed by atoms with Gasteiger partial charge in [0.05, 0.1) is 5.69 Å². The molecule has 1 N–H and O–H groups in total. The molecular weight excluding hydrogens is 286 g/mol. The average Bonchev–Trinajstić information content (AvgIpc) is 2.50. The molecule has 1 heterocycles. The molecule has 0 saturated carbocycles. The summed E-state index contributed by atoms with van der Waals surface area (Å²) in [6.07, 6.45) is 0. The highest BCUT2D eigenvalue weighted by molar-refractivity contribution is 9.10. The van der Waals surface area contributed by atoms with E-state index in [4.69, 9.17) is 0 Å². The minimum Gasteiger partial charge on any atom is -0.480 e. The molecule has 0 aliphatic carbocycles. The standard InChI is InChI=1S/C11H18BrN3O2/c1-5-15(6-2)9(11(16)17)8-10(12)13-7(3)14(8)4/h9H,5-6H2,1-4H3,(H,16,17). The van der Waals surface area contributed by atoms with Gasteiger partial charge in [0, 0.05) is 7.05 Å². The monoisotopic (exact) mass is 303 g/mol. The van der Waals surface area contributed by atoms with Gasteiger partial charge < -0.3 is 9.67 Å². The van der Waals surface area contributed by atoms with Gasteiger partial charge in [0.1, 0.15) is 10.4 Å². The number of imidazole rings is 1. The van der Waals surface area contributed by atoms with Crippen LogP contribution in [0.1, 0.15) is 31.4 Å². The van der Waals surface area contributed by atoms with Crippen molar-refractivity contribution in [3.63, 3.8) is 0 Å². The van der Waals surface area contributed by atoms with Crippen molar-refractivity contribution in [1.29, 1.82) is 0 Å². The first-order valence-electron chi connectivity index (χ1n) is 5.59. The Kier molecular flexibility index (Phi) is 4.70. The smallest absolute Gasteiger partial charge is 0.327 e. The minimum absolute atomic E-state index is 0.608. The van der Waals surface area contributed by atoms with Gasteiger partial charge in [-0.05, 0) is 35.9 Å². The van der Waals surface area contributed by atoms with Gasteiger partial charge in [-0.25, -0.2) is 4.98 Å². The number of halogens is 1. The van der Waals surface area contributed by atoms with E-state index < -0.39 is 12.0 Å². The molecule has 1 unspecified atom stereocenters. The molecule has 1 rings (SSSR count). The van der Waals surface area contributed by atoms with Gasteiger partial charge in [0.25, 0.3) is 0 Å². The van der Waals surface area contributed by atoms with Crippen LogP contribution >= 0.6 is 15.9 Å². The first kappa shape index (κ1) is 14.2. The summed E-state index contributed by atoms with van der Waals surface area (Å²) in [5.74, 6) is -0.0531. The van der Waals surface area contributed by atoms with E-state index in [-0.39, 0.29) is 0 Å². The lowest BCUT2D eigenvalue weighted by Gasteiger charge is -2.26. The lowest BCUT2D eigenvalue weighted by Crippen LogP contribution is -2.35. The van der Waals surface area contributed by atoms with Crippen molar-refractivity contribution in [3.05, 3.63) is 16.1 Å². The number of nitrogens with zero attached hydrogens (tertiary/aromatic N) is 3. The Morgan fingerprint density at radius 3 is 2.35 bits per heavy atom. The van der Waals surface area contributed by atoms with Crippen LogP contribution in [0.15, 0.2) is 4.60 Å². The van der Waals surface area contributed by atoms with Crippen molar-refractivity contribution in [2.75, 3.05) is 13.1 Å². The summed E-state index contributed by atoms with van der Waals surface area (Å²) in [7, 11) is 1.84. The van der Waals surface area contributed by atoms with Gasteiger partial charge in [-0.3, -0.25) is 9.69 Å². The molecule has 1 aromatic rings. The van der Waals surface area contributed by atoms with Gasteiger partial charge in [0.15, 0.2) is 6.04 Å². The normalized spacial score (nSPS) is 13.1. The Bertz CT molecular complexity index is 413. The van der Waals surface area contributed by atoms with Gasteiger partial charge in [-0.1, -0.05) is 13.8 Å². The van der Waals surface area contributed by atoms with Crippen LogP contribution in [0.5, 0.6) is 0 Å². The van der Waals surface area contributed by atoms with Gasteiger partial charge in [-0.15, -0.1) is 0 Å². The summed E-state index contributed by atoms with van der Waals surface area (Å²) in [5, 5.41) is 9.41. The van der Waals surface area contributed by atoms with Crippen LogP contribution in [0.3, 0.4) is 0 Å². The van der Waals surface area contributed by atoms with E-state index in [1.54, 1.807) is 0 Å². The second kappa shape index (κ2) is 5.64. The van der Waals surface area contributed by atoms with Crippen molar-refractivity contribution >= 4 is 21.9 Å². The number of carboxylic acid groups (broad SMARTS) is 1. The van der Waals surface area contributed by atoms with Crippen LogP contribution in [-0.4, -0.2) is 38.6 Å². The van der Waals surface area contributed by atoms with Crippen molar-refractivity contribution in [2.24, 2.45) is 7.05 Å². The quantitative estimate of drug-likeness (QED) is 0.903. The third kappa shape index (κ3) is 2.69. The zero-order valence-electron chi connectivity index (χ0n) is 10.6. The van der Waals surface area contributed by atoms with Crippen molar-refractivity contribution in [3.8, 4) is 0 Å². The summed E-state index contributed by atoms with van der Waals surface area (Å²) in [6, 6.07) is -0.662. The highest BCUT2D eigenvalue weighted by Crippen LogP contribution is 2.28. The summed E-state index contributed by atoms with van der Waals surface area (Å²) >= 11 is 3.34. The molecule has 1 atom stereocenters. The fraction of sp³-hybridized carbons (Fsp3) is 0.636. The maximum atomic E-state index is 11.5. The highest BCUT2D eigenvalue weighted by Gasteiger charge is 2.31. The van der Waals surface area contributed by atoms with Crippen LogP contribution in [-0.2, 0) is 11.8 Å². The Balaban J connectivity index is 3.27. The van der Waals surface area contributed by atoms with Crippen LogP contribution < -0.4 is 0 Å². The van der Waals surface area contributed by atoms with Crippen LogP contribution in [0.4, 0.5) is 0 Å². The molecule has 0 aliphatic heterocycles. The Morgan fingerprint density at radius 2 is 2.06 bits per heavy atom. The van der Waals surface area contributed by atoms with Crippen LogP contribution in [0.2, 0.25) is 0 Å². The van der Waals surface area contributed by atoms with E-state index in [0.717, 1.165) is 5.82 Å². The first-order valence-corrected chi connectivity index (χ1v) is 6.38. The predicted octanol–water partition coefficient (Wildman–Crippen LogP) is 1.96. The molecule has 5 nitrogen and oxygen atoms in total. The molecule has 0 bridgehead atoms. The van der Waals surface area contributed by atoms with E-state index in [0.29, 0.717) is 23.4 Å². The third-order valence-corrected chi connectivity index (χ3v) is 3.57. The Hall–Kier alpha value is -0.880. The zero-order valence-corrected chi connectivity index (χ0v) is 12.2. The lowest BCUT2D eigenvalue weighted by atomic mass is 10.2. The van der Waals surface area contributed by atoms with Crippen molar-refractivity contribution < 1.29 is 9.90 Å². The molecule has 6 heteroatoms. The molecular formula is C11H18BrN3O2. The fourth-order valence-electron chi connectivity index (χ4n) is 1.92. The van der Waals surface area contributed by atoms with Gasteiger partial charge in [-0.2, -0.15) is 0 Å². The number of aliphatic carboxylic acids is 1. The largest absolute Gasteiger partial charge is 0.480 e. The summed E-state index contributed by atoms with van der Waals surface area (Å²) in [5.41, 5.74) is 0.693. The summed E-state index contributed by atoms with van der Waals surface area (Å²) in [4.78, 5) is 17.6. The van der Waals surface area contributed by atoms with E-state index in [1.807, 2.05) is 37.3 Å². The molecule has 1 aromatic heterocycles. The van der Waals surface area contributed by atoms with Gasteiger partial charge in [0.2, 0.25) is 0 Å². The minimum atomic E-state index is -0.850. The fourth-order valence-corrected chi connectivity index (χ4v) is 2.66. The van der Waals surface area contributed by atoms with Crippen LogP contribution in [0.25, 0.3) is 0 Å². The first-order chi connectivity index (χ1) is 7.93. The van der Waals surface area contributed by atoms with Crippen molar-refractivity contribution in [1.82, 2.24) is 14.5 Å². The molecule has 0 spiro atoms.